The number of halogens is 1. The van der Waals surface area contributed by atoms with Gasteiger partial charge in [-0.3, -0.25) is 0 Å². The van der Waals surface area contributed by atoms with Gasteiger partial charge >= 0.3 is 0 Å². The van der Waals surface area contributed by atoms with Crippen LogP contribution in [-0.2, 0) is 4.57 Å². The van der Waals surface area contributed by atoms with Crippen LogP contribution in [0.25, 0.3) is 0 Å². The van der Waals surface area contributed by atoms with Crippen molar-refractivity contribution < 1.29 is 4.57 Å². The highest BCUT2D eigenvalue weighted by atomic mass is 35.5. The lowest BCUT2D eigenvalue weighted by atomic mass is 10.0. The van der Waals surface area contributed by atoms with Crippen LogP contribution in [-0.4, -0.2) is 5.16 Å². The number of hydrogen-bond acceptors (Lipinski definition) is 1. The van der Waals surface area contributed by atoms with Crippen LogP contribution >= 0.6 is 18.7 Å². The Hall–Kier alpha value is -1.04. The normalized spacial score (nSPS) is 16.5. The summed E-state index contributed by atoms with van der Waals surface area (Å²) in [6.07, 6.45) is 4.07. The van der Waals surface area contributed by atoms with Gasteiger partial charge in [-0.2, -0.15) is 0 Å². The van der Waals surface area contributed by atoms with E-state index in [1.165, 1.54) is 0 Å². The highest BCUT2D eigenvalue weighted by molar-refractivity contribution is 7.80. The molecule has 0 radical (unpaired) electrons. The number of hydrogen-bond donors (Lipinski definition) is 0. The Balaban J connectivity index is 2.64. The molecule has 2 atom stereocenters. The molecule has 0 fully saturated rings. The van der Waals surface area contributed by atoms with Crippen LogP contribution in [0.15, 0.2) is 54.6 Å². The molecule has 23 heavy (non-hydrogen) atoms. The Morgan fingerprint density at radius 1 is 0.957 bits per heavy atom. The summed E-state index contributed by atoms with van der Waals surface area (Å²) in [4.78, 5) is 0. The highest BCUT2D eigenvalue weighted by Gasteiger charge is 2.44. The van der Waals surface area contributed by atoms with Crippen molar-refractivity contribution in [1.29, 1.82) is 0 Å². The molecule has 0 heterocycles. The van der Waals surface area contributed by atoms with E-state index in [1.54, 1.807) is 0 Å². The Morgan fingerprint density at radius 2 is 1.52 bits per heavy atom. The summed E-state index contributed by atoms with van der Waals surface area (Å²) in [7, 11) is -2.75. The molecule has 0 amide bonds. The predicted molar refractivity (Wildman–Crippen MR) is 103 cm³/mol. The first-order valence-electron chi connectivity index (χ1n) is 8.40. The van der Waals surface area contributed by atoms with Crippen LogP contribution in [0.1, 0.15) is 46.5 Å². The second-order valence-corrected chi connectivity index (χ2v) is 10.1. The number of rotatable bonds is 7. The van der Waals surface area contributed by atoms with Gasteiger partial charge in [-0.05, 0) is 37.1 Å². The molecule has 0 N–H and O–H groups in total. The van der Waals surface area contributed by atoms with E-state index >= 15 is 0 Å². The summed E-state index contributed by atoms with van der Waals surface area (Å²) in [6, 6.07) is 17.5. The Morgan fingerprint density at radius 3 is 2.04 bits per heavy atom. The van der Waals surface area contributed by atoms with Gasteiger partial charge in [0.1, 0.15) is 7.14 Å². The predicted octanol–water partition coefficient (Wildman–Crippen LogP) is 6.01. The summed E-state index contributed by atoms with van der Waals surface area (Å²) in [6.45, 7) is 6.53. The molecule has 0 bridgehead atoms. The second kappa shape index (κ2) is 7.69. The van der Waals surface area contributed by atoms with Gasteiger partial charge in [-0.1, -0.05) is 75.5 Å². The minimum atomic E-state index is -2.75. The van der Waals surface area contributed by atoms with Crippen molar-refractivity contribution in [3.05, 3.63) is 59.6 Å². The summed E-state index contributed by atoms with van der Waals surface area (Å²) in [5, 5.41) is 2.30. The Labute approximate surface area is 145 Å². The average molecular weight is 349 g/mol. The summed E-state index contributed by atoms with van der Waals surface area (Å²) >= 11 is 6.05. The largest absolute Gasteiger partial charge is 0.313 e. The zero-order valence-electron chi connectivity index (χ0n) is 14.3. The molecule has 2 aromatic rings. The molecule has 2 unspecified atom stereocenters. The molecule has 0 saturated carbocycles. The first-order chi connectivity index (χ1) is 11.0. The lowest BCUT2D eigenvalue weighted by Crippen LogP contribution is -2.35. The first kappa shape index (κ1) is 18.3. The Bertz CT molecular complexity index is 666. The fourth-order valence-electron chi connectivity index (χ4n) is 3.18. The van der Waals surface area contributed by atoms with Crippen molar-refractivity contribution in [2.45, 2.75) is 51.6 Å². The van der Waals surface area contributed by atoms with Gasteiger partial charge in [0, 0.05) is 20.8 Å². The van der Waals surface area contributed by atoms with Crippen molar-refractivity contribution in [3.63, 3.8) is 0 Å². The molecule has 0 aromatic heterocycles. The van der Waals surface area contributed by atoms with Gasteiger partial charge in [-0.25, -0.2) is 0 Å². The molecule has 0 aliphatic carbocycles. The van der Waals surface area contributed by atoms with Crippen molar-refractivity contribution >= 4 is 29.4 Å². The van der Waals surface area contributed by atoms with E-state index in [4.69, 9.17) is 11.6 Å². The fraction of sp³-hybridized carbons (Fsp3) is 0.400. The molecule has 124 valence electrons. The van der Waals surface area contributed by atoms with E-state index in [1.807, 2.05) is 54.6 Å². The third-order valence-electron chi connectivity index (χ3n) is 4.90. The SMILES string of the molecule is CCCCC(C)(CC)P(=O)(c1ccccc1)c1ccc(Cl)cc1. The van der Waals surface area contributed by atoms with E-state index in [-0.39, 0.29) is 5.16 Å². The quantitative estimate of drug-likeness (QED) is 0.560. The van der Waals surface area contributed by atoms with E-state index in [0.717, 1.165) is 36.3 Å². The highest BCUT2D eigenvalue weighted by Crippen LogP contribution is 2.59. The summed E-state index contributed by atoms with van der Waals surface area (Å²) in [5.41, 5.74) is 0. The van der Waals surface area contributed by atoms with Gasteiger partial charge in [0.25, 0.3) is 0 Å². The van der Waals surface area contributed by atoms with Crippen molar-refractivity contribution in [2.24, 2.45) is 0 Å². The first-order valence-corrected chi connectivity index (χ1v) is 10.5. The van der Waals surface area contributed by atoms with Gasteiger partial charge < -0.3 is 4.57 Å². The second-order valence-electron chi connectivity index (χ2n) is 6.38. The maximum Gasteiger partial charge on any atom is 0.148 e. The molecular weight excluding hydrogens is 323 g/mol. The van der Waals surface area contributed by atoms with Gasteiger partial charge in [0.05, 0.1) is 0 Å². The van der Waals surface area contributed by atoms with Crippen LogP contribution < -0.4 is 10.6 Å². The molecule has 2 rings (SSSR count). The number of unbranched alkanes of at least 4 members (excludes halogenated alkanes) is 1. The maximum atomic E-state index is 14.4. The molecule has 0 saturated heterocycles. The summed E-state index contributed by atoms with van der Waals surface area (Å²) < 4.78 is 14.4. The molecule has 0 aliphatic rings. The topological polar surface area (TPSA) is 17.1 Å². The van der Waals surface area contributed by atoms with E-state index in [2.05, 4.69) is 20.8 Å². The standard InChI is InChI=1S/C20H26ClOP/c1-4-6-16-20(3,5-2)23(22,18-10-8-7-9-11-18)19-14-12-17(21)13-15-19/h7-15H,4-6,16H2,1-3H3. The van der Waals surface area contributed by atoms with E-state index < -0.39 is 7.14 Å². The van der Waals surface area contributed by atoms with Crippen LogP contribution in [0, 0.1) is 0 Å². The van der Waals surface area contributed by atoms with E-state index in [9.17, 15) is 4.57 Å². The van der Waals surface area contributed by atoms with Crippen LogP contribution in [0.4, 0.5) is 0 Å². The van der Waals surface area contributed by atoms with Crippen molar-refractivity contribution in [2.75, 3.05) is 0 Å². The van der Waals surface area contributed by atoms with E-state index in [0.29, 0.717) is 5.02 Å². The minimum absolute atomic E-state index is 0.238. The van der Waals surface area contributed by atoms with Gasteiger partial charge in [0.15, 0.2) is 0 Å². The zero-order chi connectivity index (χ0) is 16.9. The monoisotopic (exact) mass is 348 g/mol. The van der Waals surface area contributed by atoms with Crippen LogP contribution in [0.5, 0.6) is 0 Å². The van der Waals surface area contributed by atoms with Crippen LogP contribution in [0.3, 0.4) is 0 Å². The van der Waals surface area contributed by atoms with Crippen LogP contribution in [0.2, 0.25) is 5.02 Å². The van der Waals surface area contributed by atoms with Crippen molar-refractivity contribution in [1.82, 2.24) is 0 Å². The van der Waals surface area contributed by atoms with Gasteiger partial charge in [0.2, 0.25) is 0 Å². The van der Waals surface area contributed by atoms with Gasteiger partial charge in [-0.15, -0.1) is 0 Å². The fourth-order valence-corrected chi connectivity index (χ4v) is 6.93. The third-order valence-corrected chi connectivity index (χ3v) is 9.26. The maximum absolute atomic E-state index is 14.4. The molecule has 0 aliphatic heterocycles. The molecule has 2 aromatic carbocycles. The molecule has 0 spiro atoms. The van der Waals surface area contributed by atoms with Crippen molar-refractivity contribution in [3.8, 4) is 0 Å². The minimum Gasteiger partial charge on any atom is -0.313 e. The lowest BCUT2D eigenvalue weighted by Gasteiger charge is -2.38. The smallest absolute Gasteiger partial charge is 0.148 e. The molecule has 1 nitrogen and oxygen atoms in total. The summed E-state index contributed by atoms with van der Waals surface area (Å²) in [5.74, 6) is 0. The number of benzene rings is 2. The Kier molecular flexibility index (Phi) is 6.12. The molecular formula is C20H26ClOP. The average Bonchev–Trinajstić information content (AvgIpc) is 2.60. The lowest BCUT2D eigenvalue weighted by molar-refractivity contribution is 0.488. The molecule has 3 heteroatoms. The zero-order valence-corrected chi connectivity index (χ0v) is 15.9. The third kappa shape index (κ3) is 3.57.